The van der Waals surface area contributed by atoms with E-state index in [2.05, 4.69) is 21.2 Å². The molecule has 2 amide bonds. The number of amides is 2. The van der Waals surface area contributed by atoms with Gasteiger partial charge in [0, 0.05) is 34.5 Å². The van der Waals surface area contributed by atoms with E-state index in [9.17, 15) is 18.0 Å². The van der Waals surface area contributed by atoms with Gasteiger partial charge in [-0.1, -0.05) is 99.3 Å². The Hall–Kier alpha value is -3.37. The smallest absolute Gasteiger partial charge is 0.264 e. The van der Waals surface area contributed by atoms with Gasteiger partial charge in [0.2, 0.25) is 11.8 Å². The van der Waals surface area contributed by atoms with E-state index in [0.29, 0.717) is 0 Å². The topological polar surface area (TPSA) is 86.8 Å². The highest BCUT2D eigenvalue weighted by Gasteiger charge is 2.34. The van der Waals surface area contributed by atoms with Crippen molar-refractivity contribution in [3.8, 4) is 0 Å². The molecule has 7 nitrogen and oxygen atoms in total. The van der Waals surface area contributed by atoms with Crippen molar-refractivity contribution in [1.82, 2.24) is 10.2 Å². The molecule has 0 heterocycles. The number of hydrogen-bond donors (Lipinski definition) is 1. The molecule has 0 saturated carbocycles. The summed E-state index contributed by atoms with van der Waals surface area (Å²) in [6.45, 7) is 1.30. The summed E-state index contributed by atoms with van der Waals surface area (Å²) >= 11 is 16.0. The molecule has 224 valence electrons. The molecule has 0 fully saturated rings. The van der Waals surface area contributed by atoms with Crippen LogP contribution in [0.1, 0.15) is 16.7 Å². The second kappa shape index (κ2) is 14.4. The molecule has 0 aromatic heterocycles. The first-order valence-corrected chi connectivity index (χ1v) is 16.3. The van der Waals surface area contributed by atoms with Crippen LogP contribution < -0.4 is 9.62 Å². The molecule has 0 unspecified atom stereocenters. The Morgan fingerprint density at radius 1 is 0.860 bits per heavy atom. The van der Waals surface area contributed by atoms with E-state index >= 15 is 0 Å². The average molecular weight is 703 g/mol. The maximum Gasteiger partial charge on any atom is 0.264 e. The lowest BCUT2D eigenvalue weighted by molar-refractivity contribution is -0.139. The maximum absolute atomic E-state index is 14.3. The fraction of sp³-hybridized carbons (Fsp3) is 0.188. The minimum Gasteiger partial charge on any atom is -0.357 e. The van der Waals surface area contributed by atoms with Crippen LogP contribution in [0.3, 0.4) is 0 Å². The molecule has 11 heteroatoms. The molecule has 0 aliphatic carbocycles. The standard InChI is InChI=1S/C32H30BrCl2N3O4S/c1-22-8-14-29(15-9-22)43(41,42)38(28-18-26(34)17-27(35)19-28)21-31(39)37(20-24-10-12-25(33)13-11-24)30(32(40)36-2)16-23-6-4-3-5-7-23/h3-15,17-19,30H,16,20-21H2,1-2H3,(H,36,40)/t30-/m0/s1. The number of nitrogens with one attached hydrogen (secondary N) is 1. The van der Waals surface area contributed by atoms with Gasteiger partial charge in [-0.05, 0) is 60.5 Å². The molecule has 4 aromatic carbocycles. The number of benzene rings is 4. The van der Waals surface area contributed by atoms with Crippen LogP contribution >= 0.6 is 39.1 Å². The van der Waals surface area contributed by atoms with Crippen molar-refractivity contribution in [1.29, 1.82) is 0 Å². The van der Waals surface area contributed by atoms with Crippen molar-refractivity contribution in [2.45, 2.75) is 30.8 Å². The van der Waals surface area contributed by atoms with Gasteiger partial charge in [-0.3, -0.25) is 13.9 Å². The van der Waals surface area contributed by atoms with Crippen LogP contribution in [0.4, 0.5) is 5.69 Å². The van der Waals surface area contributed by atoms with E-state index in [1.165, 1.54) is 42.3 Å². The number of carbonyl (C=O) groups excluding carboxylic acids is 2. The Morgan fingerprint density at radius 2 is 1.47 bits per heavy atom. The number of likely N-dealkylation sites (N-methyl/N-ethyl adjacent to an activating group) is 1. The Morgan fingerprint density at radius 3 is 2.05 bits per heavy atom. The largest absolute Gasteiger partial charge is 0.357 e. The van der Waals surface area contributed by atoms with Crippen LogP contribution in [-0.4, -0.2) is 44.8 Å². The van der Waals surface area contributed by atoms with Gasteiger partial charge in [0.05, 0.1) is 10.6 Å². The molecule has 0 aliphatic heterocycles. The first kappa shape index (κ1) is 32.5. The zero-order chi connectivity index (χ0) is 31.1. The summed E-state index contributed by atoms with van der Waals surface area (Å²) in [4.78, 5) is 29.0. The van der Waals surface area contributed by atoms with Crippen molar-refractivity contribution in [3.63, 3.8) is 0 Å². The van der Waals surface area contributed by atoms with Gasteiger partial charge >= 0.3 is 0 Å². The number of halogens is 3. The highest BCUT2D eigenvalue weighted by Crippen LogP contribution is 2.30. The molecular weight excluding hydrogens is 673 g/mol. The molecule has 0 radical (unpaired) electrons. The number of rotatable bonds is 11. The highest BCUT2D eigenvalue weighted by molar-refractivity contribution is 9.10. The van der Waals surface area contributed by atoms with Gasteiger partial charge < -0.3 is 10.2 Å². The minimum atomic E-state index is -4.26. The van der Waals surface area contributed by atoms with Gasteiger partial charge in [0.1, 0.15) is 12.6 Å². The number of carbonyl (C=O) groups is 2. The van der Waals surface area contributed by atoms with E-state index < -0.39 is 28.5 Å². The Bertz CT molecular complexity index is 1670. The van der Waals surface area contributed by atoms with Crippen LogP contribution in [0, 0.1) is 6.92 Å². The summed E-state index contributed by atoms with van der Waals surface area (Å²) < 4.78 is 29.9. The maximum atomic E-state index is 14.3. The van der Waals surface area contributed by atoms with Crippen molar-refractivity contribution < 1.29 is 18.0 Å². The third-order valence-electron chi connectivity index (χ3n) is 6.81. The monoisotopic (exact) mass is 701 g/mol. The number of sulfonamides is 1. The summed E-state index contributed by atoms with van der Waals surface area (Å²) in [6, 6.07) is 26.4. The van der Waals surface area contributed by atoms with E-state index in [1.807, 2.05) is 61.5 Å². The third-order valence-corrected chi connectivity index (χ3v) is 9.56. The first-order chi connectivity index (χ1) is 20.5. The second-order valence-electron chi connectivity index (χ2n) is 9.92. The number of aryl methyl sites for hydroxylation is 1. The van der Waals surface area contributed by atoms with Crippen molar-refractivity contribution >= 4 is 66.7 Å². The summed E-state index contributed by atoms with van der Waals surface area (Å²) in [6.07, 6.45) is 0.219. The van der Waals surface area contributed by atoms with E-state index in [1.54, 1.807) is 12.1 Å². The van der Waals surface area contributed by atoms with Crippen LogP contribution in [0.5, 0.6) is 0 Å². The van der Waals surface area contributed by atoms with Crippen molar-refractivity contribution in [3.05, 3.63) is 128 Å². The third kappa shape index (κ3) is 8.38. The lowest BCUT2D eigenvalue weighted by Crippen LogP contribution is -2.53. The number of nitrogens with zero attached hydrogens (tertiary/aromatic N) is 2. The quantitative estimate of drug-likeness (QED) is 0.190. The lowest BCUT2D eigenvalue weighted by Gasteiger charge is -2.33. The molecule has 4 aromatic rings. The zero-order valence-corrected chi connectivity index (χ0v) is 27.4. The molecule has 1 atom stereocenters. The van der Waals surface area contributed by atoms with Gasteiger partial charge in [-0.15, -0.1) is 0 Å². The molecule has 1 N–H and O–H groups in total. The zero-order valence-electron chi connectivity index (χ0n) is 23.5. The fourth-order valence-corrected chi connectivity index (χ4v) is 6.73. The van der Waals surface area contributed by atoms with Gasteiger partial charge in [-0.25, -0.2) is 8.42 Å². The second-order valence-corrected chi connectivity index (χ2v) is 13.6. The summed E-state index contributed by atoms with van der Waals surface area (Å²) in [5.74, 6) is -0.965. The van der Waals surface area contributed by atoms with Crippen LogP contribution in [0.15, 0.2) is 106 Å². The fourth-order valence-electron chi connectivity index (χ4n) is 4.56. The highest BCUT2D eigenvalue weighted by atomic mass is 79.9. The molecule has 0 spiro atoms. The molecular formula is C32H30BrCl2N3O4S. The molecule has 4 rings (SSSR count). The number of hydrogen-bond acceptors (Lipinski definition) is 4. The summed E-state index contributed by atoms with van der Waals surface area (Å²) in [5.41, 5.74) is 2.60. The van der Waals surface area contributed by atoms with E-state index in [4.69, 9.17) is 23.2 Å². The summed E-state index contributed by atoms with van der Waals surface area (Å²) in [5, 5.41) is 3.08. The molecule has 0 saturated heterocycles. The van der Waals surface area contributed by atoms with E-state index in [0.717, 1.165) is 25.5 Å². The molecule has 43 heavy (non-hydrogen) atoms. The lowest BCUT2D eigenvalue weighted by atomic mass is 10.0. The van der Waals surface area contributed by atoms with Crippen LogP contribution in [-0.2, 0) is 32.6 Å². The Kier molecular flexibility index (Phi) is 10.9. The molecule has 0 bridgehead atoms. The summed E-state index contributed by atoms with van der Waals surface area (Å²) in [7, 11) is -2.76. The van der Waals surface area contributed by atoms with Crippen molar-refractivity contribution in [2.24, 2.45) is 0 Å². The normalized spacial score (nSPS) is 11.9. The van der Waals surface area contributed by atoms with Crippen molar-refractivity contribution in [2.75, 3.05) is 17.9 Å². The van der Waals surface area contributed by atoms with Gasteiger partial charge in [-0.2, -0.15) is 0 Å². The first-order valence-electron chi connectivity index (χ1n) is 13.3. The van der Waals surface area contributed by atoms with Crippen LogP contribution in [0.2, 0.25) is 10.0 Å². The van der Waals surface area contributed by atoms with E-state index in [-0.39, 0.29) is 39.5 Å². The minimum absolute atomic E-state index is 0.00593. The van der Waals surface area contributed by atoms with Gasteiger partial charge in [0.15, 0.2) is 0 Å². The predicted molar refractivity (Wildman–Crippen MR) is 175 cm³/mol. The Balaban J connectivity index is 1.80. The Labute approximate surface area is 270 Å². The average Bonchev–Trinajstić information content (AvgIpc) is 2.98. The number of anilines is 1. The van der Waals surface area contributed by atoms with Gasteiger partial charge in [0.25, 0.3) is 10.0 Å². The SMILES string of the molecule is CNC(=O)[C@H](Cc1ccccc1)N(Cc1ccc(Br)cc1)C(=O)CN(c1cc(Cl)cc(Cl)c1)S(=O)(=O)c1ccc(C)cc1. The predicted octanol–water partition coefficient (Wildman–Crippen LogP) is 6.65. The molecule has 0 aliphatic rings. The van der Waals surface area contributed by atoms with Crippen LogP contribution in [0.25, 0.3) is 0 Å².